The number of carbonyl (C=O) groups is 3. The standard InChI is InChI=1S/C29H36N6O5S/c1-28(2,3)39-26(37)33-21-8-7-20(19-9-11-30-12-10-19)17-22(21)32-24(36)25-31-18-23(41-25)34-13-15-35(16-14-34)27(38)40-29(4,5)6/h7-12,17-18H,13-16H2,1-6H3,(H,32,36)(H,33,37). The highest BCUT2D eigenvalue weighted by molar-refractivity contribution is 7.17. The SMILES string of the molecule is CC(C)(C)OC(=O)Nc1ccc(-c2ccncc2)cc1NC(=O)c1ncc(N2CCN(C(=O)OC(C)(C)C)CC2)s1. The van der Waals surface area contributed by atoms with E-state index in [1.54, 1.807) is 56.4 Å². The molecule has 1 aromatic carbocycles. The van der Waals surface area contributed by atoms with E-state index in [9.17, 15) is 14.4 Å². The number of amides is 3. The van der Waals surface area contributed by atoms with Crippen LogP contribution in [0.15, 0.2) is 48.9 Å². The van der Waals surface area contributed by atoms with Crippen LogP contribution < -0.4 is 15.5 Å². The molecular formula is C29H36N6O5S. The van der Waals surface area contributed by atoms with E-state index in [0.717, 1.165) is 16.1 Å². The Bertz CT molecular complexity index is 1390. The molecule has 41 heavy (non-hydrogen) atoms. The second-order valence-corrected chi connectivity index (χ2v) is 12.5. The summed E-state index contributed by atoms with van der Waals surface area (Å²) in [6, 6.07) is 9.06. The van der Waals surface area contributed by atoms with E-state index in [1.807, 2.05) is 39.0 Å². The second-order valence-electron chi connectivity index (χ2n) is 11.5. The summed E-state index contributed by atoms with van der Waals surface area (Å²) < 4.78 is 10.9. The summed E-state index contributed by atoms with van der Waals surface area (Å²) in [5.41, 5.74) is 1.30. The van der Waals surface area contributed by atoms with Crippen molar-refractivity contribution in [2.75, 3.05) is 41.7 Å². The van der Waals surface area contributed by atoms with Crippen molar-refractivity contribution < 1.29 is 23.9 Å². The Labute approximate surface area is 243 Å². The Balaban J connectivity index is 1.47. The molecule has 11 nitrogen and oxygen atoms in total. The second kappa shape index (κ2) is 12.1. The van der Waals surface area contributed by atoms with Crippen molar-refractivity contribution >= 4 is 45.8 Å². The molecular weight excluding hydrogens is 544 g/mol. The third kappa shape index (κ3) is 8.40. The van der Waals surface area contributed by atoms with Crippen LogP contribution >= 0.6 is 11.3 Å². The lowest BCUT2D eigenvalue weighted by atomic mass is 10.1. The Hall–Kier alpha value is -4.19. The third-order valence-corrected chi connectivity index (χ3v) is 6.90. The maximum absolute atomic E-state index is 13.3. The molecule has 0 aliphatic carbocycles. The summed E-state index contributed by atoms with van der Waals surface area (Å²) in [6.45, 7) is 13.1. The van der Waals surface area contributed by atoms with E-state index in [4.69, 9.17) is 9.47 Å². The molecule has 0 bridgehead atoms. The average molecular weight is 581 g/mol. The first-order valence-corrected chi connectivity index (χ1v) is 14.1. The summed E-state index contributed by atoms with van der Waals surface area (Å²) in [5.74, 6) is -0.409. The minimum absolute atomic E-state index is 0.270. The molecule has 1 aliphatic heterocycles. The summed E-state index contributed by atoms with van der Waals surface area (Å²) >= 11 is 1.26. The van der Waals surface area contributed by atoms with Gasteiger partial charge in [0, 0.05) is 38.6 Å². The van der Waals surface area contributed by atoms with E-state index >= 15 is 0 Å². The van der Waals surface area contributed by atoms with E-state index in [1.165, 1.54) is 11.3 Å². The first kappa shape index (κ1) is 29.8. The summed E-state index contributed by atoms with van der Waals surface area (Å²) in [7, 11) is 0. The third-order valence-electron chi connectivity index (χ3n) is 5.85. The number of carbonyl (C=O) groups excluding carboxylic acids is 3. The normalized spacial score (nSPS) is 13.9. The summed E-state index contributed by atoms with van der Waals surface area (Å²) in [6.07, 6.45) is 4.07. The molecule has 218 valence electrons. The number of hydrogen-bond donors (Lipinski definition) is 2. The maximum Gasteiger partial charge on any atom is 0.412 e. The predicted molar refractivity (Wildman–Crippen MR) is 160 cm³/mol. The highest BCUT2D eigenvalue weighted by atomic mass is 32.1. The van der Waals surface area contributed by atoms with Crippen LogP contribution in [0.2, 0.25) is 0 Å². The topological polar surface area (TPSA) is 126 Å². The molecule has 1 saturated heterocycles. The zero-order valence-corrected chi connectivity index (χ0v) is 25.0. The molecule has 0 atom stereocenters. The van der Waals surface area contributed by atoms with Gasteiger partial charge >= 0.3 is 12.2 Å². The Morgan fingerprint density at radius 1 is 0.829 bits per heavy atom. The quantitative estimate of drug-likeness (QED) is 0.384. The molecule has 2 N–H and O–H groups in total. The number of nitrogens with one attached hydrogen (secondary N) is 2. The first-order valence-electron chi connectivity index (χ1n) is 13.3. The van der Waals surface area contributed by atoms with Gasteiger partial charge in [0.2, 0.25) is 0 Å². The van der Waals surface area contributed by atoms with E-state index in [2.05, 4.69) is 25.5 Å². The molecule has 0 radical (unpaired) electrons. The van der Waals surface area contributed by atoms with Crippen LogP contribution in [0.3, 0.4) is 0 Å². The number of nitrogens with zero attached hydrogens (tertiary/aromatic N) is 4. The van der Waals surface area contributed by atoms with Crippen molar-refractivity contribution in [3.05, 3.63) is 53.9 Å². The van der Waals surface area contributed by atoms with Crippen molar-refractivity contribution in [1.82, 2.24) is 14.9 Å². The molecule has 1 aliphatic rings. The number of pyridine rings is 1. The largest absolute Gasteiger partial charge is 0.444 e. The minimum Gasteiger partial charge on any atom is -0.444 e. The van der Waals surface area contributed by atoms with Crippen LogP contribution in [0.1, 0.15) is 51.3 Å². The van der Waals surface area contributed by atoms with Gasteiger partial charge in [0.1, 0.15) is 16.2 Å². The number of aromatic nitrogens is 2. The van der Waals surface area contributed by atoms with Crippen LogP contribution in [-0.2, 0) is 9.47 Å². The van der Waals surface area contributed by atoms with Crippen LogP contribution in [0.5, 0.6) is 0 Å². The zero-order chi connectivity index (χ0) is 29.8. The van der Waals surface area contributed by atoms with Gasteiger partial charge in [-0.2, -0.15) is 0 Å². The smallest absolute Gasteiger partial charge is 0.412 e. The molecule has 4 rings (SSSR count). The van der Waals surface area contributed by atoms with Gasteiger partial charge in [-0.1, -0.05) is 17.4 Å². The van der Waals surface area contributed by atoms with Gasteiger partial charge in [-0.05, 0) is 76.9 Å². The van der Waals surface area contributed by atoms with Gasteiger partial charge in [0.05, 0.1) is 17.6 Å². The Kier molecular flexibility index (Phi) is 8.81. The highest BCUT2D eigenvalue weighted by Gasteiger charge is 2.27. The molecule has 0 unspecified atom stereocenters. The molecule has 3 heterocycles. The van der Waals surface area contributed by atoms with E-state index in [0.29, 0.717) is 37.6 Å². The van der Waals surface area contributed by atoms with Crippen molar-refractivity contribution in [2.45, 2.75) is 52.7 Å². The lowest BCUT2D eigenvalue weighted by Crippen LogP contribution is -2.49. The van der Waals surface area contributed by atoms with Gasteiger partial charge in [-0.15, -0.1) is 0 Å². The number of anilines is 3. The lowest BCUT2D eigenvalue weighted by molar-refractivity contribution is 0.0240. The van der Waals surface area contributed by atoms with Crippen LogP contribution in [0, 0.1) is 0 Å². The lowest BCUT2D eigenvalue weighted by Gasteiger charge is -2.35. The zero-order valence-electron chi connectivity index (χ0n) is 24.2. The van der Waals surface area contributed by atoms with Gasteiger partial charge < -0.3 is 24.6 Å². The maximum atomic E-state index is 13.3. The average Bonchev–Trinajstić information content (AvgIpc) is 3.39. The monoisotopic (exact) mass is 580 g/mol. The van der Waals surface area contributed by atoms with Gasteiger partial charge in [-0.25, -0.2) is 14.6 Å². The van der Waals surface area contributed by atoms with E-state index in [-0.39, 0.29) is 11.1 Å². The fourth-order valence-electron chi connectivity index (χ4n) is 4.02. The number of piperazine rings is 1. The summed E-state index contributed by atoms with van der Waals surface area (Å²) in [5, 5.41) is 6.73. The van der Waals surface area contributed by atoms with Crippen molar-refractivity contribution in [2.24, 2.45) is 0 Å². The van der Waals surface area contributed by atoms with Crippen molar-refractivity contribution in [3.8, 4) is 11.1 Å². The molecule has 3 aromatic rings. The van der Waals surface area contributed by atoms with Gasteiger partial charge in [0.15, 0.2) is 5.01 Å². The van der Waals surface area contributed by atoms with Gasteiger partial charge in [-0.3, -0.25) is 15.1 Å². The van der Waals surface area contributed by atoms with Gasteiger partial charge in [0.25, 0.3) is 5.91 Å². The number of hydrogen-bond acceptors (Lipinski definition) is 9. The molecule has 0 saturated carbocycles. The molecule has 2 aromatic heterocycles. The fourth-order valence-corrected chi connectivity index (χ4v) is 4.89. The Morgan fingerprint density at radius 3 is 2.12 bits per heavy atom. The van der Waals surface area contributed by atoms with Crippen molar-refractivity contribution in [1.29, 1.82) is 0 Å². The molecule has 1 fully saturated rings. The molecule has 12 heteroatoms. The highest BCUT2D eigenvalue weighted by Crippen LogP contribution is 2.31. The van der Waals surface area contributed by atoms with Crippen LogP contribution in [0.4, 0.5) is 26.0 Å². The number of thiazole rings is 1. The first-order chi connectivity index (χ1) is 19.3. The number of ether oxygens (including phenoxy) is 2. The van der Waals surface area contributed by atoms with Crippen LogP contribution in [0.25, 0.3) is 11.1 Å². The molecule has 0 spiro atoms. The van der Waals surface area contributed by atoms with Crippen LogP contribution in [-0.4, -0.2) is 70.3 Å². The fraction of sp³-hybridized carbons (Fsp3) is 0.414. The van der Waals surface area contributed by atoms with E-state index < -0.39 is 23.2 Å². The number of benzene rings is 1. The Morgan fingerprint density at radius 2 is 1.49 bits per heavy atom. The predicted octanol–water partition coefficient (Wildman–Crippen LogP) is 5.86. The summed E-state index contributed by atoms with van der Waals surface area (Å²) in [4.78, 5) is 50.4. The van der Waals surface area contributed by atoms with Crippen molar-refractivity contribution in [3.63, 3.8) is 0 Å². The minimum atomic E-state index is -0.680. The number of rotatable bonds is 5. The molecule has 3 amide bonds.